The second kappa shape index (κ2) is 8.86. The average molecular weight is 522 g/mol. The van der Waals surface area contributed by atoms with E-state index in [4.69, 9.17) is 4.74 Å². The SMILES string of the molecule is O=[N+]([O-])c1c(Nc2ccc(OC(F)(F)F)cc2)ncnc1Oc1ccc(Br)c2cccnc12. The van der Waals surface area contributed by atoms with Gasteiger partial charge < -0.3 is 14.8 Å². The summed E-state index contributed by atoms with van der Waals surface area (Å²) in [6, 6.07) is 11.4. The zero-order valence-corrected chi connectivity index (χ0v) is 17.8. The summed E-state index contributed by atoms with van der Waals surface area (Å²) in [6.45, 7) is 0. The molecule has 168 valence electrons. The number of alkyl halides is 3. The number of rotatable bonds is 6. The van der Waals surface area contributed by atoms with Crippen molar-refractivity contribution in [2.45, 2.75) is 6.36 Å². The van der Waals surface area contributed by atoms with E-state index in [0.717, 1.165) is 28.3 Å². The number of fused-ring (bicyclic) bond motifs is 1. The Hall–Kier alpha value is -4.00. The van der Waals surface area contributed by atoms with Crippen LogP contribution in [0.4, 0.5) is 30.4 Å². The summed E-state index contributed by atoms with van der Waals surface area (Å²) in [7, 11) is 0. The van der Waals surface area contributed by atoms with Gasteiger partial charge in [0.2, 0.25) is 5.82 Å². The lowest BCUT2D eigenvalue weighted by Gasteiger charge is -2.12. The Kier molecular flexibility index (Phi) is 5.96. The third-order valence-electron chi connectivity index (χ3n) is 4.21. The van der Waals surface area contributed by atoms with Crippen LogP contribution in [0.1, 0.15) is 0 Å². The predicted molar refractivity (Wildman–Crippen MR) is 115 cm³/mol. The number of nitrogens with one attached hydrogen (secondary N) is 1. The molecule has 0 unspecified atom stereocenters. The first-order valence-corrected chi connectivity index (χ1v) is 9.84. The molecule has 9 nitrogen and oxygen atoms in total. The first kappa shape index (κ1) is 22.2. The van der Waals surface area contributed by atoms with Crippen molar-refractivity contribution >= 4 is 44.0 Å². The van der Waals surface area contributed by atoms with Crippen molar-refractivity contribution in [2.75, 3.05) is 5.32 Å². The topological polar surface area (TPSA) is 112 Å². The number of nitrogens with zero attached hydrogens (tertiary/aromatic N) is 4. The number of pyridine rings is 1. The van der Waals surface area contributed by atoms with Crippen molar-refractivity contribution in [3.05, 3.63) is 75.6 Å². The number of aromatic nitrogens is 3. The van der Waals surface area contributed by atoms with Crippen LogP contribution in [-0.2, 0) is 0 Å². The van der Waals surface area contributed by atoms with Gasteiger partial charge in [0.05, 0.1) is 4.92 Å². The van der Waals surface area contributed by atoms with Crippen molar-refractivity contribution in [1.29, 1.82) is 0 Å². The van der Waals surface area contributed by atoms with Gasteiger partial charge in [0.15, 0.2) is 5.75 Å². The van der Waals surface area contributed by atoms with E-state index in [0.29, 0.717) is 5.52 Å². The van der Waals surface area contributed by atoms with Crippen LogP contribution in [0, 0.1) is 10.1 Å². The summed E-state index contributed by atoms with van der Waals surface area (Å²) in [5.74, 6) is -0.772. The van der Waals surface area contributed by atoms with Crippen molar-refractivity contribution in [3.63, 3.8) is 0 Å². The number of ether oxygens (including phenoxy) is 2. The highest BCUT2D eigenvalue weighted by Crippen LogP contribution is 2.38. The van der Waals surface area contributed by atoms with Crippen molar-refractivity contribution in [2.24, 2.45) is 0 Å². The second-order valence-corrected chi connectivity index (χ2v) is 7.23. The summed E-state index contributed by atoms with van der Waals surface area (Å²) < 4.78 is 47.3. The molecule has 0 fully saturated rings. The summed E-state index contributed by atoms with van der Waals surface area (Å²) in [5, 5.41) is 15.2. The molecule has 33 heavy (non-hydrogen) atoms. The quantitative estimate of drug-likeness (QED) is 0.238. The predicted octanol–water partition coefficient (Wildman–Crippen LogP) is 6.13. The maximum atomic E-state index is 12.3. The minimum atomic E-state index is -4.83. The van der Waals surface area contributed by atoms with Gasteiger partial charge >= 0.3 is 17.9 Å². The summed E-state index contributed by atoms with van der Waals surface area (Å²) in [5.41, 5.74) is 0.114. The van der Waals surface area contributed by atoms with Crippen molar-refractivity contribution < 1.29 is 27.6 Å². The molecule has 0 atom stereocenters. The van der Waals surface area contributed by atoms with Crippen LogP contribution in [0.2, 0.25) is 0 Å². The minimum Gasteiger partial charge on any atom is -0.431 e. The molecule has 0 aliphatic heterocycles. The molecular formula is C20H11BrF3N5O4. The van der Waals surface area contributed by atoms with Gasteiger partial charge in [0.25, 0.3) is 0 Å². The van der Waals surface area contributed by atoms with Gasteiger partial charge in [-0.1, -0.05) is 22.0 Å². The minimum absolute atomic E-state index is 0.219. The van der Waals surface area contributed by atoms with E-state index in [-0.39, 0.29) is 23.1 Å². The van der Waals surface area contributed by atoms with Crippen LogP contribution in [0.5, 0.6) is 17.4 Å². The van der Waals surface area contributed by atoms with E-state index in [1.54, 1.807) is 30.5 Å². The third kappa shape index (κ3) is 5.09. The fourth-order valence-electron chi connectivity index (χ4n) is 2.87. The largest absolute Gasteiger partial charge is 0.573 e. The van der Waals surface area contributed by atoms with Gasteiger partial charge in [-0.3, -0.25) is 15.1 Å². The van der Waals surface area contributed by atoms with E-state index in [9.17, 15) is 23.3 Å². The van der Waals surface area contributed by atoms with Crippen LogP contribution in [-0.4, -0.2) is 26.2 Å². The molecule has 4 aromatic rings. The standard InChI is InChI=1S/C20H11BrF3N5O4/c21-14-7-8-15(16-13(14)2-1-9-25-16)32-19-17(29(30)31)18(26-10-27-19)28-11-3-5-12(6-4-11)33-20(22,23)24/h1-10H,(H,26,27,28). The van der Waals surface area contributed by atoms with E-state index < -0.39 is 22.7 Å². The van der Waals surface area contributed by atoms with Crippen LogP contribution in [0.3, 0.4) is 0 Å². The van der Waals surface area contributed by atoms with Gasteiger partial charge in [0.1, 0.15) is 17.6 Å². The van der Waals surface area contributed by atoms with Gasteiger partial charge in [0, 0.05) is 21.7 Å². The summed E-state index contributed by atoms with van der Waals surface area (Å²) in [4.78, 5) is 23.1. The molecule has 0 aliphatic carbocycles. The molecule has 2 heterocycles. The molecule has 0 bridgehead atoms. The number of hydrogen-bond acceptors (Lipinski definition) is 8. The van der Waals surface area contributed by atoms with E-state index in [2.05, 4.69) is 40.9 Å². The zero-order valence-electron chi connectivity index (χ0n) is 16.2. The second-order valence-electron chi connectivity index (χ2n) is 6.38. The van der Waals surface area contributed by atoms with E-state index in [1.807, 2.05) is 0 Å². The molecule has 0 saturated carbocycles. The zero-order chi connectivity index (χ0) is 23.6. The van der Waals surface area contributed by atoms with Crippen LogP contribution in [0.15, 0.2) is 65.5 Å². The lowest BCUT2D eigenvalue weighted by atomic mass is 10.2. The molecule has 1 N–H and O–H groups in total. The van der Waals surface area contributed by atoms with Gasteiger partial charge in [-0.2, -0.15) is 4.98 Å². The maximum Gasteiger partial charge on any atom is 0.573 e. The van der Waals surface area contributed by atoms with Crippen molar-refractivity contribution in [3.8, 4) is 17.4 Å². The Bertz CT molecular complexity index is 1340. The lowest BCUT2D eigenvalue weighted by Crippen LogP contribution is -2.17. The average Bonchev–Trinajstić information content (AvgIpc) is 2.76. The van der Waals surface area contributed by atoms with Gasteiger partial charge in [-0.05, 0) is 42.5 Å². The smallest absolute Gasteiger partial charge is 0.431 e. The molecule has 0 amide bonds. The van der Waals surface area contributed by atoms with Crippen LogP contribution >= 0.6 is 15.9 Å². The normalized spacial score (nSPS) is 11.3. The number of hydrogen-bond donors (Lipinski definition) is 1. The van der Waals surface area contributed by atoms with Crippen LogP contribution < -0.4 is 14.8 Å². The van der Waals surface area contributed by atoms with Crippen LogP contribution in [0.25, 0.3) is 10.9 Å². The Morgan fingerprint density at radius 1 is 1.03 bits per heavy atom. The van der Waals surface area contributed by atoms with Gasteiger partial charge in [-0.15, -0.1) is 13.2 Å². The van der Waals surface area contributed by atoms with E-state index >= 15 is 0 Å². The monoisotopic (exact) mass is 521 g/mol. The van der Waals surface area contributed by atoms with Crippen molar-refractivity contribution in [1.82, 2.24) is 15.0 Å². The Balaban J connectivity index is 1.66. The first-order chi connectivity index (χ1) is 15.7. The fourth-order valence-corrected chi connectivity index (χ4v) is 3.32. The summed E-state index contributed by atoms with van der Waals surface area (Å²) >= 11 is 3.41. The Morgan fingerprint density at radius 2 is 1.79 bits per heavy atom. The number of anilines is 2. The third-order valence-corrected chi connectivity index (χ3v) is 4.90. The molecule has 0 aliphatic rings. The molecule has 2 aromatic heterocycles. The maximum absolute atomic E-state index is 12.3. The molecule has 0 spiro atoms. The summed E-state index contributed by atoms with van der Waals surface area (Å²) in [6.07, 6.45) is -2.23. The first-order valence-electron chi connectivity index (χ1n) is 9.04. The molecule has 13 heteroatoms. The highest BCUT2D eigenvalue weighted by molar-refractivity contribution is 9.10. The number of benzene rings is 2. The molecule has 4 rings (SSSR count). The molecular weight excluding hydrogens is 511 g/mol. The van der Waals surface area contributed by atoms with Gasteiger partial charge in [-0.25, -0.2) is 4.98 Å². The van der Waals surface area contributed by atoms with E-state index in [1.165, 1.54) is 12.1 Å². The number of nitro groups is 1. The Labute approximate surface area is 191 Å². The molecule has 0 saturated heterocycles. The lowest BCUT2D eigenvalue weighted by molar-refractivity contribution is -0.385. The molecule has 2 aromatic carbocycles. The Morgan fingerprint density at radius 3 is 2.48 bits per heavy atom. The highest BCUT2D eigenvalue weighted by atomic mass is 79.9. The molecule has 0 radical (unpaired) electrons. The highest BCUT2D eigenvalue weighted by Gasteiger charge is 2.31. The number of halogens is 4. The fraction of sp³-hybridized carbons (Fsp3) is 0.0500.